The Bertz CT molecular complexity index is 744. The van der Waals surface area contributed by atoms with Crippen molar-refractivity contribution in [3.05, 3.63) is 54.1 Å². The molecular formula is C20H21N3. The highest BCUT2D eigenvalue weighted by molar-refractivity contribution is 5.68. The fourth-order valence-corrected chi connectivity index (χ4v) is 4.11. The van der Waals surface area contributed by atoms with Gasteiger partial charge in [0.1, 0.15) is 0 Å². The van der Waals surface area contributed by atoms with Crippen molar-refractivity contribution in [2.45, 2.75) is 12.5 Å². The summed E-state index contributed by atoms with van der Waals surface area (Å²) < 4.78 is 0. The molecule has 0 N–H and O–H groups in total. The summed E-state index contributed by atoms with van der Waals surface area (Å²) >= 11 is 0. The van der Waals surface area contributed by atoms with Crippen LogP contribution in [0.4, 0.5) is 5.69 Å². The lowest BCUT2D eigenvalue weighted by molar-refractivity contribution is 0.386. The minimum atomic E-state index is 0.674. The Kier molecular flexibility index (Phi) is 3.55. The lowest BCUT2D eigenvalue weighted by Crippen LogP contribution is -2.34. The van der Waals surface area contributed by atoms with Crippen LogP contribution in [0.1, 0.15) is 12.0 Å². The Morgan fingerprint density at radius 1 is 1.04 bits per heavy atom. The molecule has 2 aromatic rings. The molecule has 0 amide bonds. The molecule has 2 aliphatic rings. The number of anilines is 1. The SMILES string of the molecule is CN1C[C@H]2CCN(c3ccc(-c4cccc(C#N)c4)cc3)[C@H]2C1. The van der Waals surface area contributed by atoms with Gasteiger partial charge in [-0.1, -0.05) is 24.3 Å². The molecule has 2 aromatic carbocycles. The van der Waals surface area contributed by atoms with Crippen LogP contribution in [0.2, 0.25) is 0 Å². The van der Waals surface area contributed by atoms with Crippen LogP contribution in [0.3, 0.4) is 0 Å². The second-order valence-electron chi connectivity index (χ2n) is 6.77. The van der Waals surface area contributed by atoms with Crippen molar-refractivity contribution in [2.24, 2.45) is 5.92 Å². The van der Waals surface area contributed by atoms with Gasteiger partial charge in [-0.15, -0.1) is 0 Å². The van der Waals surface area contributed by atoms with E-state index in [0.29, 0.717) is 11.6 Å². The number of likely N-dealkylation sites (N-methyl/N-ethyl adjacent to an activating group) is 1. The van der Waals surface area contributed by atoms with E-state index in [1.165, 1.54) is 37.3 Å². The van der Waals surface area contributed by atoms with E-state index >= 15 is 0 Å². The first-order valence-corrected chi connectivity index (χ1v) is 8.30. The molecule has 0 bridgehead atoms. The predicted octanol–water partition coefficient (Wildman–Crippen LogP) is 3.37. The van der Waals surface area contributed by atoms with Crippen LogP contribution >= 0.6 is 0 Å². The van der Waals surface area contributed by atoms with E-state index in [1.807, 2.05) is 18.2 Å². The molecule has 4 rings (SSSR count). The number of fused-ring (bicyclic) bond motifs is 1. The minimum Gasteiger partial charge on any atom is -0.367 e. The average Bonchev–Trinajstić information content (AvgIpc) is 3.14. The Morgan fingerprint density at radius 3 is 2.65 bits per heavy atom. The van der Waals surface area contributed by atoms with E-state index in [-0.39, 0.29) is 0 Å². The van der Waals surface area contributed by atoms with Crippen LogP contribution < -0.4 is 4.90 Å². The third-order valence-electron chi connectivity index (χ3n) is 5.25. The first-order valence-electron chi connectivity index (χ1n) is 8.30. The summed E-state index contributed by atoms with van der Waals surface area (Å²) in [6, 6.07) is 19.5. The molecule has 116 valence electrons. The van der Waals surface area contributed by atoms with Crippen molar-refractivity contribution < 1.29 is 0 Å². The summed E-state index contributed by atoms with van der Waals surface area (Å²) in [5.74, 6) is 0.826. The molecule has 0 radical (unpaired) electrons. The van der Waals surface area contributed by atoms with Gasteiger partial charge in [-0.3, -0.25) is 0 Å². The summed E-state index contributed by atoms with van der Waals surface area (Å²) in [5.41, 5.74) is 4.32. The molecule has 2 fully saturated rings. The summed E-state index contributed by atoms with van der Waals surface area (Å²) in [7, 11) is 2.22. The summed E-state index contributed by atoms with van der Waals surface area (Å²) in [4.78, 5) is 5.02. The standard InChI is InChI=1S/C20H21N3/c1-22-13-18-9-10-23(20(18)14-22)19-7-5-16(6-8-19)17-4-2-3-15(11-17)12-21/h2-8,11,18,20H,9-10,13-14H2,1H3/t18-,20+/m1/s1. The molecule has 0 aromatic heterocycles. The molecule has 2 saturated heterocycles. The number of benzene rings is 2. The summed E-state index contributed by atoms with van der Waals surface area (Å²) in [5, 5.41) is 9.04. The molecule has 3 heteroatoms. The van der Waals surface area contributed by atoms with E-state index in [4.69, 9.17) is 5.26 Å². The van der Waals surface area contributed by atoms with E-state index in [2.05, 4.69) is 53.2 Å². The molecule has 0 spiro atoms. The van der Waals surface area contributed by atoms with Crippen LogP contribution in [0.15, 0.2) is 48.5 Å². The van der Waals surface area contributed by atoms with E-state index in [0.717, 1.165) is 11.5 Å². The van der Waals surface area contributed by atoms with Gasteiger partial charge in [0, 0.05) is 31.4 Å². The van der Waals surface area contributed by atoms with Crippen molar-refractivity contribution in [1.82, 2.24) is 4.90 Å². The van der Waals surface area contributed by atoms with E-state index in [9.17, 15) is 0 Å². The zero-order valence-electron chi connectivity index (χ0n) is 13.4. The molecule has 0 unspecified atom stereocenters. The van der Waals surface area contributed by atoms with Gasteiger partial charge in [0.05, 0.1) is 11.6 Å². The maximum Gasteiger partial charge on any atom is 0.0991 e. The zero-order valence-corrected chi connectivity index (χ0v) is 13.4. The number of hydrogen-bond donors (Lipinski definition) is 0. The normalized spacial score (nSPS) is 23.7. The number of hydrogen-bond acceptors (Lipinski definition) is 3. The summed E-state index contributed by atoms with van der Waals surface area (Å²) in [6.45, 7) is 3.59. The molecule has 0 aliphatic carbocycles. The maximum absolute atomic E-state index is 9.04. The van der Waals surface area contributed by atoms with Gasteiger partial charge in [0.25, 0.3) is 0 Å². The van der Waals surface area contributed by atoms with Crippen molar-refractivity contribution in [2.75, 3.05) is 31.6 Å². The molecule has 0 saturated carbocycles. The van der Waals surface area contributed by atoms with Gasteiger partial charge in [-0.05, 0) is 54.8 Å². The van der Waals surface area contributed by atoms with Crippen molar-refractivity contribution in [1.29, 1.82) is 5.26 Å². The van der Waals surface area contributed by atoms with Gasteiger partial charge in [-0.2, -0.15) is 5.26 Å². The van der Waals surface area contributed by atoms with Crippen LogP contribution in [-0.4, -0.2) is 37.6 Å². The first kappa shape index (κ1) is 14.3. The smallest absolute Gasteiger partial charge is 0.0991 e. The molecule has 2 aliphatic heterocycles. The van der Waals surface area contributed by atoms with Crippen molar-refractivity contribution >= 4 is 5.69 Å². The fraction of sp³-hybridized carbons (Fsp3) is 0.350. The fourth-order valence-electron chi connectivity index (χ4n) is 4.11. The molecule has 2 heterocycles. The first-order chi connectivity index (χ1) is 11.2. The van der Waals surface area contributed by atoms with Crippen LogP contribution in [0.5, 0.6) is 0 Å². The third-order valence-corrected chi connectivity index (χ3v) is 5.25. The quantitative estimate of drug-likeness (QED) is 0.852. The Hall–Kier alpha value is -2.31. The van der Waals surface area contributed by atoms with Crippen molar-refractivity contribution in [3.8, 4) is 17.2 Å². The number of nitrogens with zero attached hydrogens (tertiary/aromatic N) is 3. The highest BCUT2D eigenvalue weighted by Gasteiger charge is 2.39. The van der Waals surface area contributed by atoms with Gasteiger partial charge in [0.2, 0.25) is 0 Å². The number of likely N-dealkylation sites (tertiary alicyclic amines) is 1. The third kappa shape index (κ3) is 2.60. The van der Waals surface area contributed by atoms with Gasteiger partial charge >= 0.3 is 0 Å². The highest BCUT2D eigenvalue weighted by atomic mass is 15.3. The maximum atomic E-state index is 9.04. The zero-order chi connectivity index (χ0) is 15.8. The Morgan fingerprint density at radius 2 is 1.87 bits per heavy atom. The molecule has 23 heavy (non-hydrogen) atoms. The Balaban J connectivity index is 1.58. The van der Waals surface area contributed by atoms with E-state index in [1.54, 1.807) is 0 Å². The highest BCUT2D eigenvalue weighted by Crippen LogP contribution is 2.35. The Labute approximate surface area is 137 Å². The molecule has 2 atom stereocenters. The second-order valence-corrected chi connectivity index (χ2v) is 6.77. The molecule has 3 nitrogen and oxygen atoms in total. The van der Waals surface area contributed by atoms with Crippen LogP contribution in [0, 0.1) is 17.2 Å². The van der Waals surface area contributed by atoms with E-state index < -0.39 is 0 Å². The minimum absolute atomic E-state index is 0.674. The largest absolute Gasteiger partial charge is 0.367 e. The lowest BCUT2D eigenvalue weighted by atomic mass is 10.0. The van der Waals surface area contributed by atoms with Crippen molar-refractivity contribution in [3.63, 3.8) is 0 Å². The number of nitriles is 1. The molecular weight excluding hydrogens is 282 g/mol. The lowest BCUT2D eigenvalue weighted by Gasteiger charge is -2.26. The van der Waals surface area contributed by atoms with Gasteiger partial charge in [-0.25, -0.2) is 0 Å². The monoisotopic (exact) mass is 303 g/mol. The van der Waals surface area contributed by atoms with Gasteiger partial charge in [0.15, 0.2) is 0 Å². The van der Waals surface area contributed by atoms with Crippen LogP contribution in [0.25, 0.3) is 11.1 Å². The summed E-state index contributed by atoms with van der Waals surface area (Å²) in [6.07, 6.45) is 1.31. The second kappa shape index (κ2) is 5.72. The number of rotatable bonds is 2. The average molecular weight is 303 g/mol. The van der Waals surface area contributed by atoms with Gasteiger partial charge < -0.3 is 9.80 Å². The predicted molar refractivity (Wildman–Crippen MR) is 93.3 cm³/mol. The topological polar surface area (TPSA) is 30.3 Å². The van der Waals surface area contributed by atoms with Crippen LogP contribution in [-0.2, 0) is 0 Å².